The molecule has 1 aliphatic rings. The highest BCUT2D eigenvalue weighted by atomic mass is 32.2. The van der Waals surface area contributed by atoms with Crippen molar-refractivity contribution >= 4 is 45.5 Å². The lowest BCUT2D eigenvalue weighted by atomic mass is 10.2. The smallest absolute Gasteiger partial charge is 0.330 e. The summed E-state index contributed by atoms with van der Waals surface area (Å²) in [6.45, 7) is 2.01. The van der Waals surface area contributed by atoms with Crippen LogP contribution in [0.1, 0.15) is 34.8 Å². The number of aryl methyl sites for hydroxylation is 1. The van der Waals surface area contributed by atoms with Crippen molar-refractivity contribution in [3.8, 4) is 0 Å². The van der Waals surface area contributed by atoms with E-state index in [1.54, 1.807) is 0 Å². The van der Waals surface area contributed by atoms with Gasteiger partial charge in [0.05, 0.1) is 5.75 Å². The van der Waals surface area contributed by atoms with E-state index in [1.807, 2.05) is 31.2 Å². The second-order valence-corrected chi connectivity index (χ2v) is 8.90. The molecule has 3 aromatic rings. The normalized spacial score (nSPS) is 13.4. The van der Waals surface area contributed by atoms with Crippen LogP contribution < -0.4 is 22.3 Å². The van der Waals surface area contributed by atoms with Crippen LogP contribution in [-0.4, -0.2) is 31.3 Å². The molecule has 0 amide bonds. The summed E-state index contributed by atoms with van der Waals surface area (Å²) in [4.78, 5) is 38.9. The lowest BCUT2D eigenvalue weighted by molar-refractivity contribution is 0.102. The molecule has 2 aromatic heterocycles. The van der Waals surface area contributed by atoms with Crippen molar-refractivity contribution in [2.75, 3.05) is 16.8 Å². The van der Waals surface area contributed by atoms with E-state index in [0.29, 0.717) is 9.47 Å². The predicted molar refractivity (Wildman–Crippen MR) is 113 cm³/mol. The van der Waals surface area contributed by atoms with Gasteiger partial charge in [-0.1, -0.05) is 40.8 Å². The van der Waals surface area contributed by atoms with Gasteiger partial charge in [-0.2, -0.15) is 0 Å². The van der Waals surface area contributed by atoms with Crippen LogP contribution in [0.3, 0.4) is 0 Å². The van der Waals surface area contributed by atoms with Crippen molar-refractivity contribution in [1.82, 2.24) is 19.7 Å². The maximum Gasteiger partial charge on any atom is 0.330 e. The number of nitrogens with zero attached hydrogens (tertiary/aromatic N) is 3. The number of rotatable bonds is 7. The predicted octanol–water partition coefficient (Wildman–Crippen LogP) is 2.33. The standard InChI is InChI=1S/C18H18N6O3S2/c1-9-2-4-10(5-3-9)20-16-22-23-18(29-16)28-8-12(25)13-14(19)24(11-6-7-11)17(27)21-15(13)26/h2-5,11H,6-8,19H2,1H3,(H,20,22)(H,21,26,27). The molecule has 4 rings (SSSR count). The fourth-order valence-corrected chi connectivity index (χ4v) is 4.45. The lowest BCUT2D eigenvalue weighted by Crippen LogP contribution is -2.36. The van der Waals surface area contributed by atoms with Crippen LogP contribution in [0, 0.1) is 6.92 Å². The van der Waals surface area contributed by atoms with Crippen molar-refractivity contribution in [1.29, 1.82) is 0 Å². The summed E-state index contributed by atoms with van der Waals surface area (Å²) in [6.07, 6.45) is 1.61. The average molecular weight is 431 g/mol. The largest absolute Gasteiger partial charge is 0.384 e. The van der Waals surface area contributed by atoms with Crippen LogP contribution >= 0.6 is 23.1 Å². The number of aromatic amines is 1. The molecule has 0 atom stereocenters. The van der Waals surface area contributed by atoms with E-state index in [1.165, 1.54) is 27.7 Å². The van der Waals surface area contributed by atoms with Crippen molar-refractivity contribution in [3.05, 3.63) is 56.2 Å². The Balaban J connectivity index is 1.45. The van der Waals surface area contributed by atoms with Crippen LogP contribution in [0.5, 0.6) is 0 Å². The molecule has 1 fully saturated rings. The van der Waals surface area contributed by atoms with E-state index in [9.17, 15) is 14.4 Å². The van der Waals surface area contributed by atoms with E-state index in [0.717, 1.165) is 24.1 Å². The van der Waals surface area contributed by atoms with E-state index < -0.39 is 17.0 Å². The molecule has 0 unspecified atom stereocenters. The Bertz CT molecular complexity index is 1180. The van der Waals surface area contributed by atoms with Crippen molar-refractivity contribution in [3.63, 3.8) is 0 Å². The molecule has 0 spiro atoms. The Morgan fingerprint density at radius 3 is 2.72 bits per heavy atom. The molecular formula is C18H18N6O3S2. The van der Waals surface area contributed by atoms with Gasteiger partial charge in [-0.25, -0.2) is 4.79 Å². The number of Topliss-reactive ketones (excluding diaryl/α,β-unsaturated/α-hetero) is 1. The van der Waals surface area contributed by atoms with Crippen LogP contribution in [0.25, 0.3) is 0 Å². The first kappa shape index (κ1) is 19.4. The second kappa shape index (κ2) is 7.84. The molecule has 1 saturated carbocycles. The molecule has 4 N–H and O–H groups in total. The molecule has 150 valence electrons. The minimum Gasteiger partial charge on any atom is -0.384 e. The molecule has 1 aromatic carbocycles. The Morgan fingerprint density at radius 1 is 1.31 bits per heavy atom. The Kier molecular flexibility index (Phi) is 5.24. The van der Waals surface area contributed by atoms with Gasteiger partial charge >= 0.3 is 5.69 Å². The summed E-state index contributed by atoms with van der Waals surface area (Å²) in [6, 6.07) is 7.81. The van der Waals surface area contributed by atoms with Crippen molar-refractivity contribution < 1.29 is 4.79 Å². The topological polar surface area (TPSA) is 136 Å². The maximum atomic E-state index is 12.6. The van der Waals surface area contributed by atoms with E-state index >= 15 is 0 Å². The van der Waals surface area contributed by atoms with E-state index in [4.69, 9.17) is 5.73 Å². The third-order valence-electron chi connectivity index (χ3n) is 4.41. The van der Waals surface area contributed by atoms with Crippen LogP contribution in [0.4, 0.5) is 16.6 Å². The fraction of sp³-hybridized carbons (Fsp3) is 0.278. The van der Waals surface area contributed by atoms with Crippen LogP contribution in [0.2, 0.25) is 0 Å². The second-order valence-electron chi connectivity index (χ2n) is 6.70. The van der Waals surface area contributed by atoms with Gasteiger partial charge in [0.1, 0.15) is 11.4 Å². The molecule has 29 heavy (non-hydrogen) atoms. The zero-order valence-electron chi connectivity index (χ0n) is 15.5. The Hall–Kier alpha value is -2.92. The number of carbonyl (C=O) groups is 1. The first-order valence-electron chi connectivity index (χ1n) is 8.90. The number of aromatic nitrogens is 4. The zero-order valence-corrected chi connectivity index (χ0v) is 17.1. The number of benzene rings is 1. The summed E-state index contributed by atoms with van der Waals surface area (Å²) in [5.41, 5.74) is 6.52. The molecule has 0 aliphatic heterocycles. The molecule has 9 nitrogen and oxygen atoms in total. The van der Waals surface area contributed by atoms with Crippen molar-refractivity contribution in [2.45, 2.75) is 30.1 Å². The van der Waals surface area contributed by atoms with Gasteiger partial charge in [-0.3, -0.25) is 19.1 Å². The number of carbonyl (C=O) groups excluding carboxylic acids is 1. The van der Waals surface area contributed by atoms with Gasteiger partial charge in [0, 0.05) is 11.7 Å². The van der Waals surface area contributed by atoms with Gasteiger partial charge in [0.15, 0.2) is 10.1 Å². The molecule has 0 radical (unpaired) electrons. The summed E-state index contributed by atoms with van der Waals surface area (Å²) in [7, 11) is 0. The number of anilines is 3. The minimum atomic E-state index is -0.756. The summed E-state index contributed by atoms with van der Waals surface area (Å²) >= 11 is 2.47. The van der Waals surface area contributed by atoms with Gasteiger partial charge in [0.2, 0.25) is 5.13 Å². The highest BCUT2D eigenvalue weighted by Gasteiger charge is 2.30. The van der Waals surface area contributed by atoms with Crippen LogP contribution in [0.15, 0.2) is 38.2 Å². The maximum absolute atomic E-state index is 12.6. The monoisotopic (exact) mass is 430 g/mol. The first-order chi connectivity index (χ1) is 13.9. The summed E-state index contributed by atoms with van der Waals surface area (Å²) in [5, 5.41) is 11.9. The lowest BCUT2D eigenvalue weighted by Gasteiger charge is -2.10. The highest BCUT2D eigenvalue weighted by Crippen LogP contribution is 2.35. The molecule has 0 saturated heterocycles. The molecule has 0 bridgehead atoms. The number of nitrogens with one attached hydrogen (secondary N) is 2. The van der Waals surface area contributed by atoms with Crippen LogP contribution in [-0.2, 0) is 0 Å². The number of hydrogen-bond donors (Lipinski definition) is 3. The first-order valence-corrected chi connectivity index (χ1v) is 10.7. The SMILES string of the molecule is Cc1ccc(Nc2nnc(SCC(=O)c3c(N)n(C4CC4)c(=O)[nH]c3=O)s2)cc1. The minimum absolute atomic E-state index is 0.0324. The third-order valence-corrected chi connectivity index (χ3v) is 6.38. The third kappa shape index (κ3) is 4.25. The molecular weight excluding hydrogens is 412 g/mol. The summed E-state index contributed by atoms with van der Waals surface area (Å²) in [5.74, 6) is -0.549. The highest BCUT2D eigenvalue weighted by molar-refractivity contribution is 8.01. The number of hydrogen-bond acceptors (Lipinski definition) is 9. The number of thioether (sulfide) groups is 1. The van der Waals surface area contributed by atoms with Gasteiger partial charge < -0.3 is 11.1 Å². The number of nitrogens with two attached hydrogens (primary N) is 1. The van der Waals surface area contributed by atoms with Crippen molar-refractivity contribution in [2.24, 2.45) is 0 Å². The van der Waals surface area contributed by atoms with E-state index in [-0.39, 0.29) is 23.2 Å². The zero-order chi connectivity index (χ0) is 20.5. The number of H-pyrrole nitrogens is 1. The van der Waals surface area contributed by atoms with E-state index in [2.05, 4.69) is 20.5 Å². The fourth-order valence-electron chi connectivity index (χ4n) is 2.81. The molecule has 1 aliphatic carbocycles. The Morgan fingerprint density at radius 2 is 2.03 bits per heavy atom. The average Bonchev–Trinajstić information content (AvgIpc) is 3.40. The number of ketones is 1. The quantitative estimate of drug-likeness (QED) is 0.384. The summed E-state index contributed by atoms with van der Waals surface area (Å²) < 4.78 is 1.88. The van der Waals surface area contributed by atoms with Gasteiger partial charge in [-0.05, 0) is 31.9 Å². The molecule has 2 heterocycles. The number of nitrogen functional groups attached to an aromatic ring is 1. The molecule has 11 heteroatoms. The Labute approximate surface area is 173 Å². The van der Waals surface area contributed by atoms with Gasteiger partial charge in [-0.15, -0.1) is 10.2 Å². The van der Waals surface area contributed by atoms with Gasteiger partial charge in [0.25, 0.3) is 5.56 Å².